The van der Waals surface area contributed by atoms with Crippen molar-refractivity contribution in [1.82, 2.24) is 4.90 Å². The summed E-state index contributed by atoms with van der Waals surface area (Å²) in [6, 6.07) is 4.88. The zero-order chi connectivity index (χ0) is 15.6. The molecule has 0 radical (unpaired) electrons. The Labute approximate surface area is 136 Å². The molecule has 6 unspecified atom stereocenters. The van der Waals surface area contributed by atoms with Crippen molar-refractivity contribution in [2.45, 2.75) is 49.3 Å². The number of fused-ring (bicyclic) bond motifs is 2. The normalized spacial score (nSPS) is 48.3. The molecule has 4 fully saturated rings. The van der Waals surface area contributed by atoms with Crippen LogP contribution in [0.25, 0.3) is 0 Å². The lowest BCUT2D eigenvalue weighted by atomic mass is 9.40. The molecule has 4 aliphatic carbocycles. The number of methoxy groups -OCH3 is 1. The molecule has 1 aromatic rings. The Kier molecular flexibility index (Phi) is 2.10. The number of rotatable bonds is 1. The summed E-state index contributed by atoms with van der Waals surface area (Å²) in [6.07, 6.45) is 3.88. The van der Waals surface area contributed by atoms with E-state index in [1.54, 1.807) is 7.11 Å². The van der Waals surface area contributed by atoms with Crippen LogP contribution >= 0.6 is 0 Å². The molecule has 23 heavy (non-hydrogen) atoms. The molecular formula is C19H23NO3. The number of nitrogens with zero attached hydrogens (tertiary/aromatic N) is 1. The van der Waals surface area contributed by atoms with E-state index in [1.165, 1.54) is 24.1 Å². The van der Waals surface area contributed by atoms with Crippen LogP contribution in [0, 0.1) is 11.3 Å². The summed E-state index contributed by atoms with van der Waals surface area (Å²) in [5.74, 6) is 2.40. The van der Waals surface area contributed by atoms with Gasteiger partial charge in [-0.25, -0.2) is 0 Å². The Morgan fingerprint density at radius 1 is 1.39 bits per heavy atom. The van der Waals surface area contributed by atoms with E-state index in [1.807, 2.05) is 6.07 Å². The Balaban J connectivity index is 1.66. The number of aliphatic hydroxyl groups is 1. The van der Waals surface area contributed by atoms with E-state index in [0.29, 0.717) is 17.4 Å². The van der Waals surface area contributed by atoms with E-state index in [-0.39, 0.29) is 17.6 Å². The molecule has 1 saturated heterocycles. The van der Waals surface area contributed by atoms with Gasteiger partial charge in [0.25, 0.3) is 0 Å². The van der Waals surface area contributed by atoms with Crippen LogP contribution in [0.3, 0.4) is 0 Å². The number of aliphatic hydroxyl groups excluding tert-OH is 1. The summed E-state index contributed by atoms with van der Waals surface area (Å²) < 4.78 is 12.0. The van der Waals surface area contributed by atoms with Gasteiger partial charge in [-0.2, -0.15) is 0 Å². The van der Waals surface area contributed by atoms with Gasteiger partial charge >= 0.3 is 0 Å². The van der Waals surface area contributed by atoms with Crippen LogP contribution in [0.15, 0.2) is 12.1 Å². The van der Waals surface area contributed by atoms with Crippen molar-refractivity contribution in [1.29, 1.82) is 0 Å². The van der Waals surface area contributed by atoms with Gasteiger partial charge in [-0.15, -0.1) is 0 Å². The third kappa shape index (κ3) is 1.17. The summed E-state index contributed by atoms with van der Waals surface area (Å²) in [7, 11) is 4.00. The third-order valence-corrected chi connectivity index (χ3v) is 7.74. The lowest BCUT2D eigenvalue weighted by Crippen LogP contribution is -2.66. The molecule has 1 N–H and O–H groups in total. The number of likely N-dealkylation sites (N-methyl/N-ethyl adjacent to an activating group) is 1. The van der Waals surface area contributed by atoms with Crippen molar-refractivity contribution in [2.24, 2.45) is 11.3 Å². The standard InChI is InChI=1S/C19H23NO3/c1-20-9-18-6-5-12(21)17-19(8-18)14-10(7-11(20)16(18)19)3-4-13(22-2)15(14)23-17/h3-4,11-12,16-17,21H,5-9H2,1-2H3. The first-order valence-electron chi connectivity index (χ1n) is 8.86. The Hall–Kier alpha value is -1.26. The molecule has 3 saturated carbocycles. The number of likely N-dealkylation sites (tertiary alicyclic amines) is 1. The number of ether oxygens (including phenoxy) is 2. The van der Waals surface area contributed by atoms with Crippen molar-refractivity contribution in [3.05, 3.63) is 23.3 Å². The molecule has 2 bridgehead atoms. The predicted molar refractivity (Wildman–Crippen MR) is 85.0 cm³/mol. The van der Waals surface area contributed by atoms with Crippen molar-refractivity contribution >= 4 is 0 Å². The molecule has 2 spiro atoms. The molecule has 6 aliphatic rings. The molecule has 4 nitrogen and oxygen atoms in total. The van der Waals surface area contributed by atoms with Gasteiger partial charge in [-0.1, -0.05) is 6.07 Å². The fourth-order valence-electron chi connectivity index (χ4n) is 7.28. The molecule has 2 aliphatic heterocycles. The van der Waals surface area contributed by atoms with Crippen LogP contribution in [-0.4, -0.2) is 49.0 Å². The zero-order valence-electron chi connectivity index (χ0n) is 13.7. The summed E-state index contributed by atoms with van der Waals surface area (Å²) in [5.41, 5.74) is 3.24. The molecule has 0 aromatic heterocycles. The van der Waals surface area contributed by atoms with E-state index < -0.39 is 0 Å². The second-order valence-electron chi connectivity index (χ2n) is 8.52. The lowest BCUT2D eigenvalue weighted by molar-refractivity contribution is -0.0986. The van der Waals surface area contributed by atoms with Gasteiger partial charge in [-0.3, -0.25) is 0 Å². The van der Waals surface area contributed by atoms with Crippen LogP contribution < -0.4 is 9.47 Å². The summed E-state index contributed by atoms with van der Waals surface area (Å²) in [6.45, 7) is 1.18. The SMILES string of the molecule is COc1ccc2c3c1OC1C(O)CCC45CN(C)C(C2)C4C31C5. The van der Waals surface area contributed by atoms with Gasteiger partial charge in [0.05, 0.1) is 13.2 Å². The van der Waals surface area contributed by atoms with Crippen LogP contribution in [0.1, 0.15) is 30.4 Å². The fraction of sp³-hybridized carbons (Fsp3) is 0.684. The highest BCUT2D eigenvalue weighted by molar-refractivity contribution is 5.63. The van der Waals surface area contributed by atoms with Crippen molar-refractivity contribution in [3.8, 4) is 11.5 Å². The number of benzene rings is 1. The summed E-state index contributed by atoms with van der Waals surface area (Å²) in [4.78, 5) is 2.58. The van der Waals surface area contributed by atoms with E-state index in [2.05, 4.69) is 18.0 Å². The first-order chi connectivity index (χ1) is 11.1. The van der Waals surface area contributed by atoms with E-state index >= 15 is 0 Å². The van der Waals surface area contributed by atoms with Gasteiger partial charge in [0.2, 0.25) is 0 Å². The van der Waals surface area contributed by atoms with Gasteiger partial charge in [-0.05, 0) is 55.7 Å². The molecule has 1 aromatic carbocycles. The first-order valence-corrected chi connectivity index (χ1v) is 8.86. The van der Waals surface area contributed by atoms with Gasteiger partial charge in [0.15, 0.2) is 11.5 Å². The maximum atomic E-state index is 10.8. The van der Waals surface area contributed by atoms with Crippen LogP contribution in [0.5, 0.6) is 11.5 Å². The van der Waals surface area contributed by atoms with E-state index in [4.69, 9.17) is 9.47 Å². The molecule has 0 amide bonds. The smallest absolute Gasteiger partial charge is 0.165 e. The van der Waals surface area contributed by atoms with Gasteiger partial charge < -0.3 is 19.5 Å². The first kappa shape index (κ1) is 13.1. The third-order valence-electron chi connectivity index (χ3n) is 7.74. The molecule has 4 heteroatoms. The average Bonchev–Trinajstić information content (AvgIpc) is 2.93. The minimum absolute atomic E-state index is 0.0306. The highest BCUT2D eigenvalue weighted by Gasteiger charge is 2.78. The highest BCUT2D eigenvalue weighted by Crippen LogP contribution is 2.76. The molecule has 6 atom stereocenters. The topological polar surface area (TPSA) is 41.9 Å². The maximum absolute atomic E-state index is 10.8. The average molecular weight is 313 g/mol. The minimum Gasteiger partial charge on any atom is -0.493 e. The second-order valence-corrected chi connectivity index (χ2v) is 8.52. The Bertz CT molecular complexity index is 734. The highest BCUT2D eigenvalue weighted by atomic mass is 16.5. The van der Waals surface area contributed by atoms with Crippen LogP contribution in [0.2, 0.25) is 0 Å². The van der Waals surface area contributed by atoms with Crippen molar-refractivity contribution in [2.75, 3.05) is 20.7 Å². The van der Waals surface area contributed by atoms with Crippen molar-refractivity contribution in [3.63, 3.8) is 0 Å². The lowest BCUT2D eigenvalue weighted by Gasteiger charge is -2.62. The quantitative estimate of drug-likeness (QED) is 0.857. The summed E-state index contributed by atoms with van der Waals surface area (Å²) in [5, 5.41) is 10.8. The molecule has 7 rings (SSSR count). The van der Waals surface area contributed by atoms with Gasteiger partial charge in [0.1, 0.15) is 6.10 Å². The molecule has 122 valence electrons. The monoisotopic (exact) mass is 313 g/mol. The Morgan fingerprint density at radius 2 is 2.26 bits per heavy atom. The fourth-order valence-corrected chi connectivity index (χ4v) is 7.28. The number of hydrogen-bond acceptors (Lipinski definition) is 4. The van der Waals surface area contributed by atoms with Crippen LogP contribution in [-0.2, 0) is 11.8 Å². The van der Waals surface area contributed by atoms with E-state index in [0.717, 1.165) is 30.8 Å². The van der Waals surface area contributed by atoms with Gasteiger partial charge in [0, 0.05) is 23.6 Å². The van der Waals surface area contributed by atoms with E-state index in [9.17, 15) is 5.11 Å². The van der Waals surface area contributed by atoms with Crippen LogP contribution in [0.4, 0.5) is 0 Å². The largest absolute Gasteiger partial charge is 0.493 e. The second kappa shape index (κ2) is 3.70. The number of hydrogen-bond donors (Lipinski definition) is 1. The van der Waals surface area contributed by atoms with Crippen molar-refractivity contribution < 1.29 is 14.6 Å². The predicted octanol–water partition coefficient (Wildman–Crippen LogP) is 1.73. The zero-order valence-corrected chi connectivity index (χ0v) is 13.7. The maximum Gasteiger partial charge on any atom is 0.165 e. The molecule has 2 heterocycles. The molecular weight excluding hydrogens is 290 g/mol. The minimum atomic E-state index is -0.353. The Morgan fingerprint density at radius 3 is 3.09 bits per heavy atom. The summed E-state index contributed by atoms with van der Waals surface area (Å²) >= 11 is 0.